The third-order valence-corrected chi connectivity index (χ3v) is 4.92. The minimum absolute atomic E-state index is 0.0706. The molecule has 0 aliphatic rings. The molecule has 0 unspecified atom stereocenters. The van der Waals surface area contributed by atoms with E-state index < -0.39 is 27.3 Å². The van der Waals surface area contributed by atoms with Gasteiger partial charge in [0.15, 0.2) is 11.6 Å². The molecule has 2 aromatic carbocycles. The summed E-state index contributed by atoms with van der Waals surface area (Å²) in [5, 5.41) is 0.0744. The second kappa shape index (κ2) is 7.74. The number of sulfonamides is 1. The van der Waals surface area contributed by atoms with Crippen molar-refractivity contribution in [2.24, 2.45) is 0 Å². The molecule has 0 spiro atoms. The van der Waals surface area contributed by atoms with Crippen molar-refractivity contribution in [2.75, 3.05) is 4.72 Å². The summed E-state index contributed by atoms with van der Waals surface area (Å²) in [6.07, 6.45) is 2.26. The van der Waals surface area contributed by atoms with Crippen molar-refractivity contribution < 1.29 is 17.2 Å². The van der Waals surface area contributed by atoms with Crippen LogP contribution in [0.5, 0.6) is 0 Å². The van der Waals surface area contributed by atoms with Gasteiger partial charge in [0.2, 0.25) is 0 Å². The van der Waals surface area contributed by atoms with E-state index in [9.17, 15) is 17.2 Å². The van der Waals surface area contributed by atoms with E-state index >= 15 is 0 Å². The van der Waals surface area contributed by atoms with Crippen LogP contribution in [0.2, 0.25) is 5.02 Å². The minimum atomic E-state index is -4.26. The Morgan fingerprint density at radius 3 is 2.19 bits per heavy atom. The average molecular weight is 405 g/mol. The van der Waals surface area contributed by atoms with E-state index in [1.165, 1.54) is 6.20 Å². The van der Waals surface area contributed by atoms with E-state index in [-0.39, 0.29) is 15.5 Å². The topological polar surface area (TPSA) is 59.1 Å². The fraction of sp³-hybridized carbons (Fsp3) is 0. The minimum Gasteiger partial charge on any atom is -0.274 e. The van der Waals surface area contributed by atoms with Crippen LogP contribution in [0, 0.1) is 23.5 Å². The number of aromatic nitrogens is 1. The molecule has 0 bridgehead atoms. The smallest absolute Gasteiger partial charge is 0.263 e. The van der Waals surface area contributed by atoms with Crippen LogP contribution >= 0.6 is 11.6 Å². The maximum Gasteiger partial charge on any atom is 0.263 e. The molecule has 136 valence electrons. The number of hydrogen-bond donors (Lipinski definition) is 1. The van der Waals surface area contributed by atoms with Crippen molar-refractivity contribution in [1.29, 1.82) is 0 Å². The highest BCUT2D eigenvalue weighted by atomic mass is 35.5. The van der Waals surface area contributed by atoms with Crippen LogP contribution in [0.4, 0.5) is 14.5 Å². The molecule has 0 saturated heterocycles. The molecule has 0 aliphatic heterocycles. The highest BCUT2D eigenvalue weighted by Crippen LogP contribution is 2.24. The van der Waals surface area contributed by atoms with Crippen LogP contribution in [0.1, 0.15) is 11.1 Å². The first-order valence-electron chi connectivity index (χ1n) is 7.55. The van der Waals surface area contributed by atoms with Crippen molar-refractivity contribution >= 4 is 27.3 Å². The Hall–Kier alpha value is -2.95. The number of halogens is 3. The maximum atomic E-state index is 14.3. The van der Waals surface area contributed by atoms with Gasteiger partial charge < -0.3 is 0 Å². The first-order valence-corrected chi connectivity index (χ1v) is 9.41. The second-order valence-corrected chi connectivity index (χ2v) is 7.49. The highest BCUT2D eigenvalue weighted by Gasteiger charge is 2.20. The largest absolute Gasteiger partial charge is 0.274 e. The number of nitrogens with one attached hydrogen (secondary N) is 1. The number of nitrogens with zero attached hydrogens (tertiary/aromatic N) is 1. The van der Waals surface area contributed by atoms with Crippen molar-refractivity contribution in [3.8, 4) is 11.8 Å². The zero-order valence-corrected chi connectivity index (χ0v) is 15.2. The van der Waals surface area contributed by atoms with Gasteiger partial charge in [-0.05, 0) is 30.3 Å². The van der Waals surface area contributed by atoms with Gasteiger partial charge in [0.25, 0.3) is 10.0 Å². The summed E-state index contributed by atoms with van der Waals surface area (Å²) in [5.41, 5.74) is -0.0574. The lowest BCUT2D eigenvalue weighted by Crippen LogP contribution is -2.15. The molecule has 3 aromatic rings. The zero-order chi connectivity index (χ0) is 19.4. The van der Waals surface area contributed by atoms with Crippen LogP contribution in [-0.4, -0.2) is 13.4 Å². The molecular formula is C19H11ClF2N2O2S. The number of hydrogen-bond acceptors (Lipinski definition) is 3. The molecule has 4 nitrogen and oxygen atoms in total. The maximum absolute atomic E-state index is 14.3. The Bertz CT molecular complexity index is 1130. The Morgan fingerprint density at radius 1 is 0.926 bits per heavy atom. The van der Waals surface area contributed by atoms with E-state index in [2.05, 4.69) is 16.8 Å². The molecule has 0 atom stereocenters. The normalized spacial score (nSPS) is 10.8. The molecule has 0 radical (unpaired) electrons. The standard InChI is InChI=1S/C19H11ClF2N2O2S/c20-15-10-16(12-23-11-15)27(25,26)24-19-17(21)8-14(9-18(19)22)7-6-13-4-2-1-3-5-13/h1-5,8-12,24H. The zero-order valence-electron chi connectivity index (χ0n) is 13.6. The third kappa shape index (κ3) is 4.61. The van der Waals surface area contributed by atoms with Gasteiger partial charge >= 0.3 is 0 Å². The highest BCUT2D eigenvalue weighted by molar-refractivity contribution is 7.92. The van der Waals surface area contributed by atoms with Crippen molar-refractivity contribution in [3.05, 3.63) is 88.7 Å². The molecule has 0 fully saturated rings. The van der Waals surface area contributed by atoms with Crippen molar-refractivity contribution in [3.63, 3.8) is 0 Å². The SMILES string of the molecule is O=S(=O)(Nc1c(F)cc(C#Cc2ccccc2)cc1F)c1cncc(Cl)c1. The van der Waals surface area contributed by atoms with E-state index in [1.807, 2.05) is 10.8 Å². The third-order valence-electron chi connectivity index (χ3n) is 3.39. The van der Waals surface area contributed by atoms with E-state index in [0.29, 0.717) is 5.56 Å². The lowest BCUT2D eigenvalue weighted by molar-refractivity contribution is 0.582. The summed E-state index contributed by atoms with van der Waals surface area (Å²) in [6, 6.07) is 11.9. The molecule has 3 rings (SSSR count). The first kappa shape index (κ1) is 18.8. The van der Waals surface area contributed by atoms with Gasteiger partial charge in [0.05, 0.1) is 5.02 Å². The lowest BCUT2D eigenvalue weighted by atomic mass is 10.1. The van der Waals surface area contributed by atoms with Gasteiger partial charge in [-0.1, -0.05) is 41.6 Å². The molecule has 27 heavy (non-hydrogen) atoms. The van der Waals surface area contributed by atoms with Crippen LogP contribution < -0.4 is 4.72 Å². The van der Waals surface area contributed by atoms with Crippen LogP contribution in [0.25, 0.3) is 0 Å². The number of rotatable bonds is 3. The Kier molecular flexibility index (Phi) is 5.40. The van der Waals surface area contributed by atoms with Crippen molar-refractivity contribution in [1.82, 2.24) is 4.98 Å². The van der Waals surface area contributed by atoms with E-state index in [0.717, 1.165) is 24.4 Å². The molecule has 1 aromatic heterocycles. The molecule has 0 amide bonds. The summed E-state index contributed by atoms with van der Waals surface area (Å²) < 4.78 is 55.0. The van der Waals surface area contributed by atoms with E-state index in [1.54, 1.807) is 24.3 Å². The van der Waals surface area contributed by atoms with Crippen LogP contribution in [-0.2, 0) is 10.0 Å². The quantitative estimate of drug-likeness (QED) is 0.665. The van der Waals surface area contributed by atoms with E-state index in [4.69, 9.17) is 11.6 Å². The van der Waals surface area contributed by atoms with Crippen molar-refractivity contribution in [2.45, 2.75) is 4.90 Å². The Labute approximate surface area is 159 Å². The Morgan fingerprint density at radius 2 is 1.56 bits per heavy atom. The molecule has 0 aliphatic carbocycles. The van der Waals surface area contributed by atoms with Gasteiger partial charge in [0, 0.05) is 23.5 Å². The molecular weight excluding hydrogens is 394 g/mol. The van der Waals surface area contributed by atoms with Gasteiger partial charge in [-0.2, -0.15) is 0 Å². The molecule has 1 N–H and O–H groups in total. The number of anilines is 1. The predicted molar refractivity (Wildman–Crippen MR) is 98.8 cm³/mol. The summed E-state index contributed by atoms with van der Waals surface area (Å²) >= 11 is 5.70. The summed E-state index contributed by atoms with van der Waals surface area (Å²) in [4.78, 5) is 3.33. The van der Waals surface area contributed by atoms with Gasteiger partial charge in [-0.15, -0.1) is 0 Å². The average Bonchev–Trinajstić information content (AvgIpc) is 2.64. The summed E-state index contributed by atoms with van der Waals surface area (Å²) in [6.45, 7) is 0. The summed E-state index contributed by atoms with van der Waals surface area (Å²) in [5.74, 6) is 3.22. The molecule has 8 heteroatoms. The Balaban J connectivity index is 1.91. The first-order chi connectivity index (χ1) is 12.8. The summed E-state index contributed by atoms with van der Waals surface area (Å²) in [7, 11) is -4.26. The number of pyridine rings is 1. The van der Waals surface area contributed by atoms with Gasteiger partial charge in [-0.3, -0.25) is 9.71 Å². The fourth-order valence-corrected chi connectivity index (χ4v) is 3.44. The van der Waals surface area contributed by atoms with Gasteiger partial charge in [-0.25, -0.2) is 17.2 Å². The molecule has 1 heterocycles. The number of benzene rings is 2. The fourth-order valence-electron chi connectivity index (χ4n) is 2.14. The lowest BCUT2D eigenvalue weighted by Gasteiger charge is -2.10. The monoisotopic (exact) mass is 404 g/mol. The molecule has 0 saturated carbocycles. The predicted octanol–water partition coefficient (Wildman–Crippen LogP) is 4.21. The van der Waals surface area contributed by atoms with Gasteiger partial charge in [0.1, 0.15) is 10.6 Å². The van der Waals surface area contributed by atoms with Crippen LogP contribution in [0.3, 0.4) is 0 Å². The van der Waals surface area contributed by atoms with Crippen LogP contribution in [0.15, 0.2) is 65.8 Å². The second-order valence-electron chi connectivity index (χ2n) is 5.38.